The summed E-state index contributed by atoms with van der Waals surface area (Å²) in [6, 6.07) is 8.76. The van der Waals surface area contributed by atoms with Gasteiger partial charge in [-0.1, -0.05) is 18.2 Å². The third-order valence-electron chi connectivity index (χ3n) is 0.987. The molecular weight excluding hydrogens is 158 g/mol. The fourth-order valence-corrected chi connectivity index (χ4v) is 1.00. The van der Waals surface area contributed by atoms with Crippen molar-refractivity contribution in [2.24, 2.45) is 0 Å². The minimum absolute atomic E-state index is 0. The van der Waals surface area contributed by atoms with E-state index in [-0.39, 0.29) is 29.6 Å². The van der Waals surface area contributed by atoms with Gasteiger partial charge in [-0.05, 0) is 12.1 Å². The van der Waals surface area contributed by atoms with Crippen LogP contribution < -0.4 is 5.30 Å². The van der Waals surface area contributed by atoms with Gasteiger partial charge in [0, 0.05) is 34.9 Å². The van der Waals surface area contributed by atoms with Crippen LogP contribution in [0.3, 0.4) is 0 Å². The van der Waals surface area contributed by atoms with E-state index in [1.54, 1.807) is 24.3 Å². The summed E-state index contributed by atoms with van der Waals surface area (Å²) < 4.78 is 0. The second kappa shape index (κ2) is 5.25. The molecule has 0 spiro atoms. The van der Waals surface area contributed by atoms with Crippen LogP contribution in [0.4, 0.5) is 0 Å². The first-order chi connectivity index (χ1) is 4.30. The Morgan fingerprint density at radius 2 is 1.50 bits per heavy atom. The van der Waals surface area contributed by atoms with Crippen molar-refractivity contribution < 1.29 is 9.79 Å². The maximum Gasteiger partial charge on any atom is 0.199 e. The molecule has 0 amide bonds. The molecule has 0 aromatic heterocycles. The molecule has 1 rings (SSSR count). The molecule has 0 aliphatic rings. The average molecular weight is 165 g/mol. The molecule has 0 fully saturated rings. The predicted molar refractivity (Wildman–Crippen MR) is 43.2 cm³/mol. The molecule has 0 atom stereocenters. The Morgan fingerprint density at radius 3 is 1.80 bits per heavy atom. The molecule has 2 nitrogen and oxygen atoms in total. The molecule has 0 aliphatic heterocycles. The topological polar surface area (TPSA) is 40.5 Å². The molecule has 1 aromatic carbocycles. The molecule has 0 unspecified atom stereocenters. The van der Waals surface area contributed by atoms with Gasteiger partial charge in [0.1, 0.15) is 0 Å². The first-order valence-corrected chi connectivity index (χ1v) is 3.78. The van der Waals surface area contributed by atoms with E-state index >= 15 is 0 Å². The Hall–Kier alpha value is 0.570. The second-order valence-corrected chi connectivity index (χ2v) is 2.72. The minimum atomic E-state index is -1.90. The molecule has 0 saturated heterocycles. The van der Waals surface area contributed by atoms with E-state index in [1.807, 2.05) is 6.07 Å². The summed E-state index contributed by atoms with van der Waals surface area (Å²) in [5.74, 6) is 0. The Balaban J connectivity index is 0.000000810. The zero-order valence-corrected chi connectivity index (χ0v) is 8.62. The summed E-state index contributed by atoms with van der Waals surface area (Å²) >= 11 is 0. The molecule has 0 heterocycles. The van der Waals surface area contributed by atoms with Gasteiger partial charge in [-0.15, -0.1) is 0 Å². The summed E-state index contributed by atoms with van der Waals surface area (Å²) in [4.78, 5) is 17.3. The van der Waals surface area contributed by atoms with Crippen molar-refractivity contribution in [3.05, 3.63) is 30.3 Å². The van der Waals surface area contributed by atoms with Crippen LogP contribution in [0.25, 0.3) is 0 Å². The van der Waals surface area contributed by atoms with Crippen molar-refractivity contribution in [1.82, 2.24) is 0 Å². The van der Waals surface area contributed by atoms with Crippen LogP contribution in [0.2, 0.25) is 0 Å². The fourth-order valence-electron chi connectivity index (χ4n) is 0.561. The molecule has 2 N–H and O–H groups in total. The first-order valence-electron chi connectivity index (χ1n) is 2.53. The Bertz CT molecular complexity index is 178. The van der Waals surface area contributed by atoms with Crippen LogP contribution in [-0.2, 0) is 0 Å². The zero-order valence-electron chi connectivity index (χ0n) is 5.73. The maximum absolute atomic E-state index is 8.64. The number of rotatable bonds is 1. The summed E-state index contributed by atoms with van der Waals surface area (Å²) in [7, 11) is -1.90. The van der Waals surface area contributed by atoms with E-state index in [9.17, 15) is 0 Å². The SMILES string of the molecule is OP(O)c1ccccc1.[Na]. The Labute approximate surface area is 83.1 Å². The van der Waals surface area contributed by atoms with E-state index in [2.05, 4.69) is 0 Å². The largest absolute Gasteiger partial charge is 0.347 e. The van der Waals surface area contributed by atoms with Gasteiger partial charge in [0.15, 0.2) is 8.38 Å². The molecular formula is C6H7NaO2P. The van der Waals surface area contributed by atoms with Crippen LogP contribution in [-0.4, -0.2) is 39.3 Å². The summed E-state index contributed by atoms with van der Waals surface area (Å²) in [5, 5.41) is 0.590. The fraction of sp³-hybridized carbons (Fsp3) is 0. The molecule has 0 aliphatic carbocycles. The standard InChI is InChI=1S/C6H7O2P.Na/c7-9(8)6-4-2-1-3-5-6;/h1-5,7-8H;. The van der Waals surface area contributed by atoms with Crippen molar-refractivity contribution in [2.75, 3.05) is 0 Å². The van der Waals surface area contributed by atoms with E-state index in [4.69, 9.17) is 9.79 Å². The third-order valence-corrected chi connectivity index (χ3v) is 1.75. The average Bonchev–Trinajstić information content (AvgIpc) is 1.90. The molecule has 10 heavy (non-hydrogen) atoms. The van der Waals surface area contributed by atoms with Gasteiger partial charge in [0.05, 0.1) is 0 Å². The maximum atomic E-state index is 8.64. The molecule has 49 valence electrons. The zero-order chi connectivity index (χ0) is 6.69. The quantitative estimate of drug-likeness (QED) is 0.462. The first kappa shape index (κ1) is 10.6. The van der Waals surface area contributed by atoms with Gasteiger partial charge in [-0.3, -0.25) is 0 Å². The molecule has 0 saturated carbocycles. The van der Waals surface area contributed by atoms with Gasteiger partial charge < -0.3 is 9.79 Å². The van der Waals surface area contributed by atoms with Crippen molar-refractivity contribution in [1.29, 1.82) is 0 Å². The smallest absolute Gasteiger partial charge is 0.199 e. The molecule has 0 bridgehead atoms. The van der Waals surface area contributed by atoms with Gasteiger partial charge in [0.25, 0.3) is 0 Å². The normalized spacial score (nSPS) is 9.10. The monoisotopic (exact) mass is 165 g/mol. The molecule has 4 heteroatoms. The van der Waals surface area contributed by atoms with Gasteiger partial charge in [-0.25, -0.2) is 0 Å². The van der Waals surface area contributed by atoms with E-state index in [0.717, 1.165) is 0 Å². The van der Waals surface area contributed by atoms with Gasteiger partial charge >= 0.3 is 0 Å². The number of hydrogen-bond acceptors (Lipinski definition) is 2. The van der Waals surface area contributed by atoms with E-state index < -0.39 is 8.38 Å². The minimum Gasteiger partial charge on any atom is -0.347 e. The van der Waals surface area contributed by atoms with Crippen LogP contribution >= 0.6 is 8.38 Å². The Morgan fingerprint density at radius 1 is 1.00 bits per heavy atom. The van der Waals surface area contributed by atoms with E-state index in [0.29, 0.717) is 5.30 Å². The molecule has 1 radical (unpaired) electrons. The van der Waals surface area contributed by atoms with Crippen molar-refractivity contribution in [3.8, 4) is 0 Å². The summed E-state index contributed by atoms with van der Waals surface area (Å²) in [6.45, 7) is 0. The van der Waals surface area contributed by atoms with Crippen LogP contribution in [0.1, 0.15) is 0 Å². The van der Waals surface area contributed by atoms with Crippen LogP contribution in [0.15, 0.2) is 30.3 Å². The predicted octanol–water partition coefficient (Wildman–Crippen LogP) is 0.228. The third kappa shape index (κ3) is 3.11. The van der Waals surface area contributed by atoms with E-state index in [1.165, 1.54) is 0 Å². The summed E-state index contributed by atoms with van der Waals surface area (Å²) in [5.41, 5.74) is 0. The van der Waals surface area contributed by atoms with Crippen molar-refractivity contribution in [3.63, 3.8) is 0 Å². The van der Waals surface area contributed by atoms with Crippen molar-refractivity contribution in [2.45, 2.75) is 0 Å². The van der Waals surface area contributed by atoms with Gasteiger partial charge in [0.2, 0.25) is 0 Å². The van der Waals surface area contributed by atoms with Gasteiger partial charge in [-0.2, -0.15) is 0 Å². The van der Waals surface area contributed by atoms with Crippen LogP contribution in [0.5, 0.6) is 0 Å². The number of hydrogen-bond donors (Lipinski definition) is 2. The molecule has 1 aromatic rings. The summed E-state index contributed by atoms with van der Waals surface area (Å²) in [6.07, 6.45) is 0. The van der Waals surface area contributed by atoms with Crippen molar-refractivity contribution >= 4 is 43.2 Å². The Kier molecular flexibility index (Phi) is 5.55. The second-order valence-electron chi connectivity index (χ2n) is 1.62. The van der Waals surface area contributed by atoms with Crippen LogP contribution in [0, 0.1) is 0 Å². The number of benzene rings is 1.